The van der Waals surface area contributed by atoms with E-state index in [1.54, 1.807) is 24.3 Å². The molecule has 1 aromatic rings. The van der Waals surface area contributed by atoms with Gasteiger partial charge < -0.3 is 4.74 Å². The van der Waals surface area contributed by atoms with Crippen molar-refractivity contribution in [2.24, 2.45) is 0 Å². The highest BCUT2D eigenvalue weighted by atomic mass is 16.5. The van der Waals surface area contributed by atoms with Gasteiger partial charge in [-0.3, -0.25) is 9.59 Å². The van der Waals surface area contributed by atoms with Gasteiger partial charge in [-0.1, -0.05) is 6.58 Å². The molecule has 0 aromatic heterocycles. The van der Waals surface area contributed by atoms with Crippen LogP contribution in [-0.2, 0) is 9.59 Å². The highest BCUT2D eigenvalue weighted by Crippen LogP contribution is 2.22. The summed E-state index contributed by atoms with van der Waals surface area (Å²) in [4.78, 5) is 24.0. The van der Waals surface area contributed by atoms with Gasteiger partial charge in [0.15, 0.2) is 0 Å². The van der Waals surface area contributed by atoms with Gasteiger partial charge >= 0.3 is 0 Å². The van der Waals surface area contributed by atoms with Crippen LogP contribution in [0.15, 0.2) is 48.6 Å². The van der Waals surface area contributed by atoms with Crippen LogP contribution in [0.25, 0.3) is 0 Å². The lowest BCUT2D eigenvalue weighted by Crippen LogP contribution is -2.29. The molecule has 1 aromatic carbocycles. The zero-order valence-corrected chi connectivity index (χ0v) is 10.1. The summed E-state index contributed by atoms with van der Waals surface area (Å²) in [6.45, 7) is 6.06. The summed E-state index contributed by atoms with van der Waals surface area (Å²) in [6.07, 6.45) is 2.52. The smallest absolute Gasteiger partial charge is 0.258 e. The highest BCUT2D eigenvalue weighted by Gasteiger charge is 2.24. The minimum atomic E-state index is -0.324. The lowest BCUT2D eigenvalue weighted by molar-refractivity contribution is -0.119. The van der Waals surface area contributed by atoms with E-state index in [-0.39, 0.29) is 11.8 Å². The van der Waals surface area contributed by atoms with Gasteiger partial charge in [-0.05, 0) is 36.8 Å². The van der Waals surface area contributed by atoms with Crippen LogP contribution in [0.4, 0.5) is 5.69 Å². The van der Waals surface area contributed by atoms with Crippen LogP contribution in [0.5, 0.6) is 5.75 Å². The molecule has 0 atom stereocenters. The first-order valence-electron chi connectivity index (χ1n) is 5.51. The molecule has 0 saturated carbocycles. The summed E-state index contributed by atoms with van der Waals surface area (Å²) in [5.41, 5.74) is 1.46. The lowest BCUT2D eigenvalue weighted by atomic mass is 10.2. The third kappa shape index (κ3) is 2.48. The van der Waals surface area contributed by atoms with Crippen molar-refractivity contribution >= 4 is 17.5 Å². The third-order valence-corrected chi connectivity index (χ3v) is 2.39. The van der Waals surface area contributed by atoms with Gasteiger partial charge in [-0.15, -0.1) is 0 Å². The summed E-state index contributed by atoms with van der Waals surface area (Å²) < 4.78 is 5.44. The average molecular weight is 243 g/mol. The summed E-state index contributed by atoms with van der Waals surface area (Å²) in [5, 5.41) is 0. The number of benzene rings is 1. The molecule has 0 unspecified atom stereocenters. The molecule has 0 aliphatic carbocycles. The number of hydrogen-bond donors (Lipinski definition) is 0. The van der Waals surface area contributed by atoms with Crippen molar-refractivity contribution in [3.8, 4) is 5.75 Å². The van der Waals surface area contributed by atoms with Crippen LogP contribution >= 0.6 is 0 Å². The van der Waals surface area contributed by atoms with E-state index in [2.05, 4.69) is 6.58 Å². The van der Waals surface area contributed by atoms with Crippen molar-refractivity contribution in [2.75, 3.05) is 11.5 Å². The Morgan fingerprint density at radius 3 is 2.22 bits per heavy atom. The first kappa shape index (κ1) is 12.1. The Morgan fingerprint density at radius 1 is 1.17 bits per heavy atom. The fourth-order valence-electron chi connectivity index (χ4n) is 1.55. The number of carbonyl (C=O) groups excluding carboxylic acids is 2. The quantitative estimate of drug-likeness (QED) is 0.600. The Balaban J connectivity index is 2.10. The van der Waals surface area contributed by atoms with E-state index in [0.29, 0.717) is 18.0 Å². The standard InChI is InChI=1S/C14H13NO3/c1-10(2)9-18-12-5-3-11(4-6-12)15-13(16)7-8-14(15)17/h3-8H,1,9H2,2H3. The molecule has 1 heterocycles. The van der Waals surface area contributed by atoms with E-state index in [1.807, 2.05) is 6.92 Å². The minimum absolute atomic E-state index is 0.324. The van der Waals surface area contributed by atoms with Crippen LogP contribution in [0.1, 0.15) is 6.92 Å². The number of amides is 2. The maximum absolute atomic E-state index is 11.5. The molecule has 1 aliphatic rings. The number of imide groups is 1. The molecule has 0 spiro atoms. The Morgan fingerprint density at radius 2 is 1.72 bits per heavy atom. The number of nitrogens with zero attached hydrogens (tertiary/aromatic N) is 1. The van der Waals surface area contributed by atoms with Crippen molar-refractivity contribution in [2.45, 2.75) is 6.92 Å². The maximum Gasteiger partial charge on any atom is 0.258 e. The molecule has 18 heavy (non-hydrogen) atoms. The molecule has 1 aliphatic heterocycles. The van der Waals surface area contributed by atoms with Gasteiger partial charge in [0.2, 0.25) is 0 Å². The second-order valence-corrected chi connectivity index (χ2v) is 4.08. The Hall–Kier alpha value is -2.36. The Kier molecular flexibility index (Phi) is 3.28. The average Bonchev–Trinajstić information content (AvgIpc) is 2.67. The van der Waals surface area contributed by atoms with E-state index in [1.165, 1.54) is 12.2 Å². The van der Waals surface area contributed by atoms with Crippen LogP contribution in [-0.4, -0.2) is 18.4 Å². The molecule has 92 valence electrons. The molecule has 2 rings (SSSR count). The van der Waals surface area contributed by atoms with Crippen molar-refractivity contribution in [3.63, 3.8) is 0 Å². The fourth-order valence-corrected chi connectivity index (χ4v) is 1.55. The van der Waals surface area contributed by atoms with Crippen molar-refractivity contribution in [1.29, 1.82) is 0 Å². The zero-order chi connectivity index (χ0) is 13.1. The molecular weight excluding hydrogens is 230 g/mol. The normalized spacial score (nSPS) is 14.2. The Bertz CT molecular complexity index is 510. The summed E-state index contributed by atoms with van der Waals surface area (Å²) in [7, 11) is 0. The van der Waals surface area contributed by atoms with Crippen molar-refractivity contribution in [3.05, 3.63) is 48.6 Å². The van der Waals surface area contributed by atoms with Gasteiger partial charge in [0.05, 0.1) is 5.69 Å². The number of rotatable bonds is 4. The number of ether oxygens (including phenoxy) is 1. The van der Waals surface area contributed by atoms with Gasteiger partial charge in [-0.2, -0.15) is 0 Å². The molecule has 0 fully saturated rings. The zero-order valence-electron chi connectivity index (χ0n) is 10.1. The van der Waals surface area contributed by atoms with Gasteiger partial charge in [-0.25, -0.2) is 4.90 Å². The van der Waals surface area contributed by atoms with E-state index < -0.39 is 0 Å². The van der Waals surface area contributed by atoms with E-state index in [4.69, 9.17) is 4.74 Å². The number of hydrogen-bond acceptors (Lipinski definition) is 3. The van der Waals surface area contributed by atoms with Crippen LogP contribution in [0.2, 0.25) is 0 Å². The largest absolute Gasteiger partial charge is 0.489 e. The van der Waals surface area contributed by atoms with E-state index in [0.717, 1.165) is 10.5 Å². The van der Waals surface area contributed by atoms with Gasteiger partial charge in [0.1, 0.15) is 12.4 Å². The predicted molar refractivity (Wildman–Crippen MR) is 68.4 cm³/mol. The fraction of sp³-hybridized carbons (Fsp3) is 0.143. The minimum Gasteiger partial charge on any atom is -0.489 e. The molecule has 4 heteroatoms. The van der Waals surface area contributed by atoms with Crippen LogP contribution in [0.3, 0.4) is 0 Å². The van der Waals surface area contributed by atoms with Gasteiger partial charge in [0.25, 0.3) is 11.8 Å². The van der Waals surface area contributed by atoms with Crippen LogP contribution < -0.4 is 9.64 Å². The molecule has 0 bridgehead atoms. The number of carbonyl (C=O) groups is 2. The summed E-state index contributed by atoms with van der Waals surface area (Å²) in [6, 6.07) is 6.79. The second kappa shape index (κ2) is 4.87. The molecule has 0 saturated heterocycles. The molecule has 0 radical (unpaired) electrons. The molecule has 0 N–H and O–H groups in total. The van der Waals surface area contributed by atoms with E-state index in [9.17, 15) is 9.59 Å². The molecular formula is C14H13NO3. The van der Waals surface area contributed by atoms with Crippen molar-refractivity contribution < 1.29 is 14.3 Å². The molecule has 4 nitrogen and oxygen atoms in total. The van der Waals surface area contributed by atoms with Crippen molar-refractivity contribution in [1.82, 2.24) is 0 Å². The molecule has 2 amide bonds. The highest BCUT2D eigenvalue weighted by molar-refractivity contribution is 6.28. The van der Waals surface area contributed by atoms with E-state index >= 15 is 0 Å². The Labute approximate surface area is 105 Å². The number of anilines is 1. The first-order valence-corrected chi connectivity index (χ1v) is 5.51. The van der Waals surface area contributed by atoms with Crippen LogP contribution in [0, 0.1) is 0 Å². The summed E-state index contributed by atoms with van der Waals surface area (Å²) in [5.74, 6) is 0.0278. The third-order valence-electron chi connectivity index (χ3n) is 2.39. The predicted octanol–water partition coefficient (Wildman–Crippen LogP) is 2.07. The second-order valence-electron chi connectivity index (χ2n) is 4.08. The first-order chi connectivity index (χ1) is 8.58. The SMILES string of the molecule is C=C(C)COc1ccc(N2C(=O)C=CC2=O)cc1. The lowest BCUT2D eigenvalue weighted by Gasteiger charge is -2.14. The monoisotopic (exact) mass is 243 g/mol. The topological polar surface area (TPSA) is 46.6 Å². The van der Waals surface area contributed by atoms with Gasteiger partial charge in [0, 0.05) is 12.2 Å². The maximum atomic E-state index is 11.5. The summed E-state index contributed by atoms with van der Waals surface area (Å²) >= 11 is 0.